The molecule has 2 aromatic rings. The number of hydrogen-bond acceptors (Lipinski definition) is 2. The molecule has 0 bridgehead atoms. The molecule has 3 heteroatoms. The van der Waals surface area contributed by atoms with Crippen LogP contribution in [0.1, 0.15) is 43.2 Å². The molecular weight excluding hydrogens is 322 g/mol. The van der Waals surface area contributed by atoms with Gasteiger partial charge in [0.05, 0.1) is 0 Å². The summed E-state index contributed by atoms with van der Waals surface area (Å²) in [6.45, 7) is 0. The molecule has 138 valence electrons. The van der Waals surface area contributed by atoms with Gasteiger partial charge in [0.1, 0.15) is 0 Å². The molecule has 2 aromatic carbocycles. The van der Waals surface area contributed by atoms with Gasteiger partial charge in [-0.1, -0.05) is 67.1 Å². The molecule has 2 N–H and O–H groups in total. The predicted molar refractivity (Wildman–Crippen MR) is 105 cm³/mol. The molecule has 1 aliphatic carbocycles. The van der Waals surface area contributed by atoms with Crippen molar-refractivity contribution in [2.45, 2.75) is 57.0 Å². The molecule has 1 aliphatic rings. The molecule has 1 fully saturated rings. The van der Waals surface area contributed by atoms with Crippen molar-refractivity contribution in [2.24, 2.45) is 5.92 Å². The molecule has 3 unspecified atom stereocenters. The van der Waals surface area contributed by atoms with Crippen molar-refractivity contribution in [1.29, 1.82) is 0 Å². The highest BCUT2D eigenvalue weighted by Crippen LogP contribution is 2.29. The molecule has 0 amide bonds. The second kappa shape index (κ2) is 9.54. The van der Waals surface area contributed by atoms with Crippen LogP contribution in [0.5, 0.6) is 0 Å². The summed E-state index contributed by atoms with van der Waals surface area (Å²) in [5, 5.41) is 12.9. The third-order valence-corrected chi connectivity index (χ3v) is 5.48. The lowest BCUT2D eigenvalue weighted by atomic mass is 9.93. The number of carboxylic acids is 1. The molecule has 3 nitrogen and oxygen atoms in total. The van der Waals surface area contributed by atoms with E-state index in [-0.39, 0.29) is 12.5 Å². The maximum Gasteiger partial charge on any atom is 0.303 e. The van der Waals surface area contributed by atoms with Crippen molar-refractivity contribution in [2.75, 3.05) is 0 Å². The monoisotopic (exact) mass is 351 g/mol. The van der Waals surface area contributed by atoms with E-state index in [2.05, 4.69) is 59.9 Å². The van der Waals surface area contributed by atoms with Gasteiger partial charge in [0.15, 0.2) is 0 Å². The Morgan fingerprint density at radius 1 is 1.00 bits per heavy atom. The van der Waals surface area contributed by atoms with Gasteiger partial charge in [-0.2, -0.15) is 0 Å². The highest BCUT2D eigenvalue weighted by Gasteiger charge is 2.29. The minimum absolute atomic E-state index is 0.217. The smallest absolute Gasteiger partial charge is 0.303 e. The lowest BCUT2D eigenvalue weighted by Crippen LogP contribution is -2.42. The molecule has 0 heterocycles. The highest BCUT2D eigenvalue weighted by molar-refractivity contribution is 5.66. The van der Waals surface area contributed by atoms with E-state index in [0.717, 1.165) is 12.8 Å². The van der Waals surface area contributed by atoms with Gasteiger partial charge in [0.25, 0.3) is 0 Å². The Morgan fingerprint density at radius 2 is 1.65 bits per heavy atom. The summed E-state index contributed by atoms with van der Waals surface area (Å²) < 4.78 is 0. The second-order valence-corrected chi connectivity index (χ2v) is 7.47. The quantitative estimate of drug-likeness (QED) is 0.701. The Hall–Kier alpha value is -2.13. The van der Waals surface area contributed by atoms with Crippen LogP contribution in [0.3, 0.4) is 0 Å². The van der Waals surface area contributed by atoms with Gasteiger partial charge in [-0.05, 0) is 49.1 Å². The first-order valence-corrected chi connectivity index (χ1v) is 9.76. The van der Waals surface area contributed by atoms with Crippen LogP contribution in [0.2, 0.25) is 0 Å². The third kappa shape index (κ3) is 5.70. The molecule has 3 rings (SSSR count). The van der Waals surface area contributed by atoms with E-state index in [0.29, 0.717) is 18.4 Å². The van der Waals surface area contributed by atoms with Crippen LogP contribution < -0.4 is 5.32 Å². The summed E-state index contributed by atoms with van der Waals surface area (Å²) in [6.07, 6.45) is 6.60. The van der Waals surface area contributed by atoms with E-state index in [9.17, 15) is 4.79 Å². The van der Waals surface area contributed by atoms with E-state index < -0.39 is 5.97 Å². The van der Waals surface area contributed by atoms with Gasteiger partial charge in [-0.25, -0.2) is 0 Å². The largest absolute Gasteiger partial charge is 0.481 e. The van der Waals surface area contributed by atoms with Crippen LogP contribution in [-0.4, -0.2) is 23.2 Å². The Balaban J connectivity index is 1.63. The average molecular weight is 351 g/mol. The molecule has 26 heavy (non-hydrogen) atoms. The van der Waals surface area contributed by atoms with Crippen molar-refractivity contribution in [3.05, 3.63) is 71.8 Å². The Morgan fingerprint density at radius 3 is 2.31 bits per heavy atom. The Kier molecular flexibility index (Phi) is 6.84. The molecule has 0 aromatic heterocycles. The Bertz CT molecular complexity index is 671. The number of rotatable bonds is 9. The fraction of sp³-hybridized carbons (Fsp3) is 0.435. The van der Waals surface area contributed by atoms with Gasteiger partial charge >= 0.3 is 5.97 Å². The summed E-state index contributed by atoms with van der Waals surface area (Å²) in [4.78, 5) is 11.1. The number of nitrogens with one attached hydrogen (secondary N) is 1. The molecule has 1 saturated carbocycles. The molecular formula is C23H29NO2. The van der Waals surface area contributed by atoms with Crippen LogP contribution in [0.4, 0.5) is 0 Å². The number of benzene rings is 2. The maximum atomic E-state index is 11.1. The normalized spacial score (nSPS) is 20.8. The van der Waals surface area contributed by atoms with Crippen molar-refractivity contribution in [3.63, 3.8) is 0 Å². The van der Waals surface area contributed by atoms with E-state index in [1.54, 1.807) is 0 Å². The van der Waals surface area contributed by atoms with E-state index in [1.807, 2.05) is 6.07 Å². The lowest BCUT2D eigenvalue weighted by Gasteiger charge is -2.27. The predicted octanol–water partition coefficient (Wildman–Crippen LogP) is 4.46. The summed E-state index contributed by atoms with van der Waals surface area (Å²) in [6, 6.07) is 21.8. The lowest BCUT2D eigenvalue weighted by molar-refractivity contribution is -0.137. The van der Waals surface area contributed by atoms with Crippen LogP contribution in [0.15, 0.2) is 60.7 Å². The molecule has 0 saturated heterocycles. The first-order chi connectivity index (χ1) is 12.7. The van der Waals surface area contributed by atoms with Gasteiger partial charge in [0.2, 0.25) is 0 Å². The second-order valence-electron chi connectivity index (χ2n) is 7.47. The SMILES string of the molecule is O=C(O)CCC(Cc1ccccc1)NC1CCCC1Cc1ccccc1. The van der Waals surface area contributed by atoms with Gasteiger partial charge < -0.3 is 10.4 Å². The molecule has 0 aliphatic heterocycles. The van der Waals surface area contributed by atoms with Crippen molar-refractivity contribution < 1.29 is 9.90 Å². The molecule has 0 radical (unpaired) electrons. The van der Waals surface area contributed by atoms with Crippen molar-refractivity contribution in [3.8, 4) is 0 Å². The zero-order valence-electron chi connectivity index (χ0n) is 15.3. The van der Waals surface area contributed by atoms with Gasteiger partial charge in [0, 0.05) is 18.5 Å². The van der Waals surface area contributed by atoms with Crippen LogP contribution in [0, 0.1) is 5.92 Å². The van der Waals surface area contributed by atoms with Crippen LogP contribution in [0.25, 0.3) is 0 Å². The summed E-state index contributed by atoms with van der Waals surface area (Å²) >= 11 is 0. The first kappa shape index (κ1) is 18.7. The van der Waals surface area contributed by atoms with E-state index in [4.69, 9.17) is 5.11 Å². The standard InChI is InChI=1S/C23H29NO2/c25-23(26)15-14-21(17-19-10-5-2-6-11-19)24-22-13-7-12-20(22)16-18-8-3-1-4-9-18/h1-6,8-11,20-22,24H,7,12-17H2,(H,25,26). The zero-order chi connectivity index (χ0) is 18.2. The van der Waals surface area contributed by atoms with E-state index >= 15 is 0 Å². The third-order valence-electron chi connectivity index (χ3n) is 5.48. The summed E-state index contributed by atoms with van der Waals surface area (Å²) in [5.74, 6) is -0.0716. The van der Waals surface area contributed by atoms with Crippen LogP contribution in [-0.2, 0) is 17.6 Å². The fourth-order valence-corrected chi connectivity index (χ4v) is 4.16. The van der Waals surface area contributed by atoms with Crippen LogP contribution >= 0.6 is 0 Å². The zero-order valence-corrected chi connectivity index (χ0v) is 15.3. The fourth-order valence-electron chi connectivity index (χ4n) is 4.16. The summed E-state index contributed by atoms with van der Waals surface area (Å²) in [7, 11) is 0. The minimum atomic E-state index is -0.711. The number of hydrogen-bond donors (Lipinski definition) is 2. The molecule has 0 spiro atoms. The highest BCUT2D eigenvalue weighted by atomic mass is 16.4. The Labute approximate surface area is 156 Å². The van der Waals surface area contributed by atoms with Crippen molar-refractivity contribution >= 4 is 5.97 Å². The van der Waals surface area contributed by atoms with Crippen molar-refractivity contribution in [1.82, 2.24) is 5.32 Å². The number of carbonyl (C=O) groups is 1. The number of aliphatic carboxylic acids is 1. The maximum absolute atomic E-state index is 11.1. The topological polar surface area (TPSA) is 49.3 Å². The molecule has 3 atom stereocenters. The minimum Gasteiger partial charge on any atom is -0.481 e. The van der Waals surface area contributed by atoms with Gasteiger partial charge in [-0.3, -0.25) is 4.79 Å². The summed E-state index contributed by atoms with van der Waals surface area (Å²) in [5.41, 5.74) is 2.67. The number of carboxylic acid groups (broad SMARTS) is 1. The van der Waals surface area contributed by atoms with E-state index in [1.165, 1.54) is 30.4 Å². The average Bonchev–Trinajstić information content (AvgIpc) is 3.08. The first-order valence-electron chi connectivity index (χ1n) is 9.76. The van der Waals surface area contributed by atoms with Gasteiger partial charge in [-0.15, -0.1) is 0 Å².